The molecule has 4 aliphatic carbocycles. The van der Waals surface area contributed by atoms with Crippen molar-refractivity contribution in [2.24, 2.45) is 11.8 Å². The van der Waals surface area contributed by atoms with E-state index in [-0.39, 0.29) is 17.0 Å². The van der Waals surface area contributed by atoms with Crippen molar-refractivity contribution in [3.05, 3.63) is 48.5 Å². The van der Waals surface area contributed by atoms with Gasteiger partial charge in [-0.25, -0.2) is 0 Å². The molecule has 0 radical (unpaired) electrons. The number of hydrogen-bond acceptors (Lipinski definition) is 1. The van der Waals surface area contributed by atoms with E-state index in [1.54, 1.807) is 64.2 Å². The zero-order chi connectivity index (χ0) is 22.2. The Labute approximate surface area is 209 Å². The Hall–Kier alpha value is -0.378. The van der Waals surface area contributed by atoms with Crippen LogP contribution < -0.4 is 8.94 Å². The fourth-order valence-electron chi connectivity index (χ4n) is 7.10. The van der Waals surface area contributed by atoms with Crippen molar-refractivity contribution in [1.29, 1.82) is 0 Å². The number of anilines is 1. The van der Waals surface area contributed by atoms with Crippen molar-refractivity contribution in [1.82, 2.24) is 0 Å². The molecule has 4 bridgehead atoms. The molecule has 176 valence electrons. The predicted octanol–water partition coefficient (Wildman–Crippen LogP) is 7.61. The molecule has 4 saturated carbocycles. The molecule has 2 aromatic carbocycles. The first kappa shape index (κ1) is 23.4. The third-order valence-electron chi connectivity index (χ3n) is 8.60. The minimum absolute atomic E-state index is 0.105. The molecule has 4 fully saturated rings. The van der Waals surface area contributed by atoms with Crippen LogP contribution in [0.15, 0.2) is 48.5 Å². The Kier molecular flexibility index (Phi) is 7.09. The van der Waals surface area contributed by atoms with Crippen LogP contribution in [0.2, 0.25) is 0 Å². The van der Waals surface area contributed by atoms with E-state index in [1.807, 2.05) is 6.07 Å². The molecule has 0 unspecified atom stereocenters. The van der Waals surface area contributed by atoms with Gasteiger partial charge in [0.15, 0.2) is 0 Å². The Morgan fingerprint density at radius 3 is 1.75 bits per heavy atom. The van der Waals surface area contributed by atoms with Crippen LogP contribution in [0, 0.1) is 11.8 Å². The van der Waals surface area contributed by atoms with E-state index in [2.05, 4.69) is 61.5 Å². The topological polar surface area (TPSA) is 3.24 Å². The van der Waals surface area contributed by atoms with Gasteiger partial charge in [-0.1, -0.05) is 0 Å². The van der Waals surface area contributed by atoms with Crippen LogP contribution >= 0.6 is 18.1 Å². The Morgan fingerprint density at radius 2 is 1.28 bits per heavy atom. The first-order valence-corrected chi connectivity index (χ1v) is 16.2. The normalized spacial score (nSPS) is 32.6. The van der Waals surface area contributed by atoms with Gasteiger partial charge in [0.1, 0.15) is 0 Å². The van der Waals surface area contributed by atoms with E-state index < -0.39 is 0 Å². The van der Waals surface area contributed by atoms with Gasteiger partial charge < -0.3 is 0 Å². The van der Waals surface area contributed by atoms with Crippen LogP contribution in [0.1, 0.15) is 64.2 Å². The summed E-state index contributed by atoms with van der Waals surface area (Å²) in [5.74, 6) is 2.32. The van der Waals surface area contributed by atoms with E-state index in [0.29, 0.717) is 0 Å². The minimum atomic E-state index is 0.105. The van der Waals surface area contributed by atoms with E-state index >= 15 is 0 Å². The number of fused-ring (bicyclic) bond motifs is 4. The van der Waals surface area contributed by atoms with Crippen LogP contribution in [0.25, 0.3) is 11.1 Å². The molecule has 0 aliphatic heterocycles. The second kappa shape index (κ2) is 9.70. The van der Waals surface area contributed by atoms with Crippen molar-refractivity contribution in [3.8, 4) is 11.1 Å². The van der Waals surface area contributed by atoms with Crippen LogP contribution in [0.5, 0.6) is 0 Å². The first-order chi connectivity index (χ1) is 15.5. The number of benzene rings is 2. The summed E-state index contributed by atoms with van der Waals surface area (Å²) in [6.45, 7) is 0. The van der Waals surface area contributed by atoms with Gasteiger partial charge in [0, 0.05) is 0 Å². The zero-order valence-electron chi connectivity index (χ0n) is 19.5. The molecule has 0 atom stereocenters. The molecule has 1 nitrogen and oxygen atoms in total. The number of nitrogens with zero attached hydrogens (tertiary/aromatic N) is 1. The molecule has 2 aromatic rings. The van der Waals surface area contributed by atoms with Gasteiger partial charge in [0.2, 0.25) is 0 Å². The van der Waals surface area contributed by atoms with Gasteiger partial charge in [0.25, 0.3) is 0 Å². The maximum atomic E-state index is 6.05. The molecular weight excluding hydrogens is 523 g/mol. The average molecular weight is 560 g/mol. The van der Waals surface area contributed by atoms with Crippen LogP contribution in [-0.2, 0) is 17.0 Å². The summed E-state index contributed by atoms with van der Waals surface area (Å²) < 4.78 is 1.22. The van der Waals surface area contributed by atoms with Crippen molar-refractivity contribution >= 4 is 27.8 Å². The summed E-state index contributed by atoms with van der Waals surface area (Å²) in [5.41, 5.74) is 3.70. The molecule has 0 N–H and O–H groups in total. The molecule has 6 rings (SSSR count). The van der Waals surface area contributed by atoms with Crippen molar-refractivity contribution < 1.29 is 17.0 Å². The predicted molar refractivity (Wildman–Crippen MR) is 139 cm³/mol. The fraction of sp³-hybridized carbons (Fsp3) is 0.571. The van der Waals surface area contributed by atoms with Gasteiger partial charge >= 0.3 is 115 Å². The zero-order valence-corrected chi connectivity index (χ0v) is 22.8. The summed E-state index contributed by atoms with van der Waals surface area (Å²) in [7, 11) is 11.5. The Bertz CT molecular complexity index is 901. The van der Waals surface area contributed by atoms with Gasteiger partial charge in [-0.15, -0.1) is 8.58 Å². The summed E-state index contributed by atoms with van der Waals surface area (Å²) >= 11 is 0.105. The van der Waals surface area contributed by atoms with E-state index in [0.717, 1.165) is 22.1 Å². The monoisotopic (exact) mass is 559 g/mol. The second-order valence-electron chi connectivity index (χ2n) is 10.9. The third-order valence-corrected chi connectivity index (χ3v) is 12.8. The summed E-state index contributed by atoms with van der Waals surface area (Å²) in [4.78, 5) is 2.13. The molecule has 32 heavy (non-hydrogen) atoms. The van der Waals surface area contributed by atoms with Gasteiger partial charge in [0.05, 0.1) is 0 Å². The molecular formula is C28H37ClNPPd. The Balaban J connectivity index is 0.000000136. The summed E-state index contributed by atoms with van der Waals surface area (Å²) in [6.07, 6.45) is 16.1. The maximum absolute atomic E-state index is 6.05. The third kappa shape index (κ3) is 4.73. The first-order valence-electron chi connectivity index (χ1n) is 12.4. The molecule has 0 saturated heterocycles. The standard InChI is InChI=1S/C14H14N.C14H23P.ClH.Pd/c1-15(2)14-11-7-6-10-13(14)12-8-4-3-5-9-12;1-5-13(6-2-11(1)9-13)15-14-7-3-12(10-14)4-8-14;;/h3-8,10-11H,1-2H3;11-12,15H,1-10H2;1H;/q;;;+1/p-1. The van der Waals surface area contributed by atoms with Gasteiger partial charge in [-0.05, 0) is 86.4 Å². The quantitative estimate of drug-likeness (QED) is 0.269. The van der Waals surface area contributed by atoms with Crippen LogP contribution in [0.4, 0.5) is 5.69 Å². The number of hydrogen-bond donors (Lipinski definition) is 0. The number of halogens is 1. The van der Waals surface area contributed by atoms with Crippen LogP contribution in [-0.4, -0.2) is 24.4 Å². The van der Waals surface area contributed by atoms with Gasteiger partial charge in [-0.3, -0.25) is 0 Å². The number of para-hydroxylation sites is 1. The van der Waals surface area contributed by atoms with Crippen molar-refractivity contribution in [2.45, 2.75) is 74.5 Å². The van der Waals surface area contributed by atoms with E-state index in [4.69, 9.17) is 9.53 Å². The average Bonchev–Trinajstić information content (AvgIpc) is 3.60. The molecule has 0 amide bonds. The van der Waals surface area contributed by atoms with Crippen LogP contribution in [0.3, 0.4) is 0 Å². The fourth-order valence-corrected chi connectivity index (χ4v) is 11.4. The SMILES string of the molecule is C1CC2(PC34CCC(CC3)C4)CCC1C2.CN(C)c1ccccc1-c1cccc[c]1[Pd][Cl]. The van der Waals surface area contributed by atoms with E-state index in [9.17, 15) is 0 Å². The Morgan fingerprint density at radius 1 is 0.781 bits per heavy atom. The molecule has 0 aromatic heterocycles. The van der Waals surface area contributed by atoms with Gasteiger partial charge in [-0.2, -0.15) is 0 Å². The van der Waals surface area contributed by atoms with Crippen molar-refractivity contribution in [2.75, 3.05) is 19.0 Å². The molecule has 4 heteroatoms. The molecule has 4 aliphatic rings. The molecule has 0 heterocycles. The van der Waals surface area contributed by atoms with Crippen molar-refractivity contribution in [3.63, 3.8) is 0 Å². The summed E-state index contributed by atoms with van der Waals surface area (Å²) in [5, 5.41) is 1.79. The van der Waals surface area contributed by atoms with E-state index in [1.165, 1.54) is 29.4 Å². The second-order valence-corrected chi connectivity index (χ2v) is 15.1. The summed E-state index contributed by atoms with van der Waals surface area (Å²) in [6, 6.07) is 16.7. The number of rotatable bonds is 5. The molecule has 0 spiro atoms.